The molecule has 0 radical (unpaired) electrons. The zero-order chi connectivity index (χ0) is 14.9. The maximum absolute atomic E-state index is 5.01. The number of aromatic nitrogens is 1. The first-order valence-electron chi connectivity index (χ1n) is 8.13. The number of thiazole rings is 1. The highest BCUT2D eigenvalue weighted by Gasteiger charge is 2.44. The van der Waals surface area contributed by atoms with Crippen LogP contribution in [0.25, 0.3) is 0 Å². The molecule has 20 heavy (non-hydrogen) atoms. The van der Waals surface area contributed by atoms with Crippen LogP contribution in [0.4, 0.5) is 0 Å². The molecule has 1 heterocycles. The Bertz CT molecular complexity index is 452. The third-order valence-corrected chi connectivity index (χ3v) is 5.97. The molecule has 1 aromatic rings. The van der Waals surface area contributed by atoms with Gasteiger partial charge in [-0.15, -0.1) is 11.3 Å². The second-order valence-electron chi connectivity index (χ2n) is 6.93. The number of nitrogens with zero attached hydrogens (tertiary/aromatic N) is 1. The quantitative estimate of drug-likeness (QED) is 0.873. The first-order valence-corrected chi connectivity index (χ1v) is 8.95. The van der Waals surface area contributed by atoms with E-state index in [2.05, 4.69) is 46.9 Å². The van der Waals surface area contributed by atoms with Crippen LogP contribution in [0.1, 0.15) is 69.5 Å². The lowest BCUT2D eigenvalue weighted by Gasteiger charge is -2.45. The zero-order valence-corrected chi connectivity index (χ0v) is 14.7. The molecule has 1 aromatic heterocycles. The van der Waals surface area contributed by atoms with Crippen molar-refractivity contribution in [1.29, 1.82) is 0 Å². The van der Waals surface area contributed by atoms with E-state index in [-0.39, 0.29) is 5.54 Å². The predicted octanol–water partition coefficient (Wildman–Crippen LogP) is 4.66. The van der Waals surface area contributed by atoms with Crippen molar-refractivity contribution in [2.45, 2.75) is 78.8 Å². The van der Waals surface area contributed by atoms with Crippen molar-refractivity contribution in [1.82, 2.24) is 10.3 Å². The third-order valence-electron chi connectivity index (χ3n) is 4.78. The van der Waals surface area contributed by atoms with Gasteiger partial charge in [0.15, 0.2) is 0 Å². The summed E-state index contributed by atoms with van der Waals surface area (Å²) in [5.41, 5.74) is 1.39. The fourth-order valence-corrected chi connectivity index (χ4v) is 5.00. The summed E-state index contributed by atoms with van der Waals surface area (Å²) < 4.78 is 0. The molecule has 1 saturated carbocycles. The number of rotatable bonds is 4. The first-order chi connectivity index (χ1) is 9.39. The lowest BCUT2D eigenvalue weighted by molar-refractivity contribution is 0.112. The Balaban J connectivity index is 2.40. The van der Waals surface area contributed by atoms with Crippen LogP contribution >= 0.6 is 11.3 Å². The van der Waals surface area contributed by atoms with Crippen molar-refractivity contribution < 1.29 is 0 Å². The van der Waals surface area contributed by atoms with Crippen molar-refractivity contribution in [2.75, 3.05) is 0 Å². The summed E-state index contributed by atoms with van der Waals surface area (Å²) in [6, 6.07) is 0.500. The van der Waals surface area contributed by atoms with Gasteiger partial charge in [0.2, 0.25) is 0 Å². The molecule has 3 atom stereocenters. The van der Waals surface area contributed by atoms with E-state index >= 15 is 0 Å². The van der Waals surface area contributed by atoms with E-state index in [1.165, 1.54) is 34.8 Å². The molecular weight excluding hydrogens is 264 g/mol. The Morgan fingerprint density at radius 1 is 1.40 bits per heavy atom. The SMILES string of the molecule is CCc1nc(C2(NC(C)C)CCC(C)CC2C)sc1C. The van der Waals surface area contributed by atoms with Crippen LogP contribution in [-0.4, -0.2) is 11.0 Å². The smallest absolute Gasteiger partial charge is 0.114 e. The van der Waals surface area contributed by atoms with Crippen LogP contribution in [0.15, 0.2) is 0 Å². The predicted molar refractivity (Wildman–Crippen MR) is 88.4 cm³/mol. The topological polar surface area (TPSA) is 24.9 Å². The highest BCUT2D eigenvalue weighted by molar-refractivity contribution is 7.11. The number of hydrogen-bond donors (Lipinski definition) is 1. The maximum atomic E-state index is 5.01. The number of hydrogen-bond acceptors (Lipinski definition) is 3. The second-order valence-corrected chi connectivity index (χ2v) is 8.13. The fraction of sp³-hybridized carbons (Fsp3) is 0.824. The lowest BCUT2D eigenvalue weighted by Crippen LogP contribution is -2.53. The van der Waals surface area contributed by atoms with E-state index in [1.807, 2.05) is 11.3 Å². The molecule has 3 heteroatoms. The van der Waals surface area contributed by atoms with Gasteiger partial charge in [0.05, 0.1) is 11.2 Å². The largest absolute Gasteiger partial charge is 0.303 e. The van der Waals surface area contributed by atoms with Gasteiger partial charge in [-0.3, -0.25) is 0 Å². The fourth-order valence-electron chi connectivity index (χ4n) is 3.70. The molecule has 0 bridgehead atoms. The maximum Gasteiger partial charge on any atom is 0.114 e. The van der Waals surface area contributed by atoms with Gasteiger partial charge in [-0.1, -0.05) is 20.8 Å². The Morgan fingerprint density at radius 3 is 2.60 bits per heavy atom. The molecule has 0 saturated heterocycles. The summed E-state index contributed by atoms with van der Waals surface area (Å²) in [5.74, 6) is 1.50. The normalized spacial score (nSPS) is 30.9. The molecule has 1 fully saturated rings. The van der Waals surface area contributed by atoms with Gasteiger partial charge in [0.25, 0.3) is 0 Å². The number of nitrogens with one attached hydrogen (secondary N) is 1. The molecule has 2 rings (SSSR count). The average Bonchev–Trinajstić information content (AvgIpc) is 2.74. The van der Waals surface area contributed by atoms with Gasteiger partial charge < -0.3 is 5.32 Å². The standard InChI is InChI=1S/C17H30N2S/c1-7-15-14(6)20-16(18-15)17(19-11(2)3)9-8-12(4)10-13(17)5/h11-13,19H,7-10H2,1-6H3. The van der Waals surface area contributed by atoms with E-state index in [1.54, 1.807) is 0 Å². The zero-order valence-electron chi connectivity index (χ0n) is 13.9. The van der Waals surface area contributed by atoms with Crippen LogP contribution in [0.3, 0.4) is 0 Å². The van der Waals surface area contributed by atoms with E-state index in [0.29, 0.717) is 12.0 Å². The summed E-state index contributed by atoms with van der Waals surface area (Å²) in [5, 5.41) is 5.23. The highest BCUT2D eigenvalue weighted by Crippen LogP contribution is 2.45. The molecule has 1 N–H and O–H groups in total. The minimum absolute atomic E-state index is 0.101. The summed E-state index contributed by atoms with van der Waals surface area (Å²) in [6.45, 7) is 13.7. The van der Waals surface area contributed by atoms with E-state index in [0.717, 1.165) is 12.3 Å². The Morgan fingerprint density at radius 2 is 2.10 bits per heavy atom. The van der Waals surface area contributed by atoms with E-state index in [4.69, 9.17) is 4.98 Å². The molecule has 3 unspecified atom stereocenters. The van der Waals surface area contributed by atoms with Gasteiger partial charge in [-0.25, -0.2) is 4.98 Å². The Labute approximate surface area is 128 Å². The molecule has 1 aliphatic carbocycles. The molecule has 1 aliphatic rings. The van der Waals surface area contributed by atoms with Crippen LogP contribution in [0.2, 0.25) is 0 Å². The average molecular weight is 295 g/mol. The van der Waals surface area contributed by atoms with Crippen molar-refractivity contribution in [3.8, 4) is 0 Å². The number of aryl methyl sites for hydroxylation is 2. The van der Waals surface area contributed by atoms with E-state index in [9.17, 15) is 0 Å². The van der Waals surface area contributed by atoms with Crippen molar-refractivity contribution >= 4 is 11.3 Å². The molecule has 0 aromatic carbocycles. The third kappa shape index (κ3) is 2.94. The highest BCUT2D eigenvalue weighted by atomic mass is 32.1. The van der Waals surface area contributed by atoms with Gasteiger partial charge >= 0.3 is 0 Å². The first kappa shape index (κ1) is 16.0. The summed E-state index contributed by atoms with van der Waals surface area (Å²) in [6.07, 6.45) is 4.89. The van der Waals surface area contributed by atoms with Gasteiger partial charge in [0.1, 0.15) is 5.01 Å². The second kappa shape index (κ2) is 6.15. The van der Waals surface area contributed by atoms with Crippen LogP contribution < -0.4 is 5.32 Å². The van der Waals surface area contributed by atoms with Gasteiger partial charge in [-0.05, 0) is 58.3 Å². The minimum Gasteiger partial charge on any atom is -0.303 e. The Hall–Kier alpha value is -0.410. The molecular formula is C17H30N2S. The van der Waals surface area contributed by atoms with Crippen LogP contribution in [0, 0.1) is 18.8 Å². The molecule has 0 amide bonds. The van der Waals surface area contributed by atoms with E-state index < -0.39 is 0 Å². The lowest BCUT2D eigenvalue weighted by atomic mass is 9.70. The Kier molecular flexibility index (Phi) is 4.91. The minimum atomic E-state index is 0.101. The molecule has 114 valence electrons. The van der Waals surface area contributed by atoms with Crippen molar-refractivity contribution in [2.24, 2.45) is 11.8 Å². The molecule has 0 spiro atoms. The van der Waals surface area contributed by atoms with Crippen molar-refractivity contribution in [3.63, 3.8) is 0 Å². The molecule has 0 aliphatic heterocycles. The van der Waals surface area contributed by atoms with Crippen LogP contribution in [-0.2, 0) is 12.0 Å². The van der Waals surface area contributed by atoms with Gasteiger partial charge in [-0.2, -0.15) is 0 Å². The molecule has 2 nitrogen and oxygen atoms in total. The monoisotopic (exact) mass is 294 g/mol. The summed E-state index contributed by atoms with van der Waals surface area (Å²) in [4.78, 5) is 6.41. The summed E-state index contributed by atoms with van der Waals surface area (Å²) in [7, 11) is 0. The summed E-state index contributed by atoms with van der Waals surface area (Å²) >= 11 is 1.92. The van der Waals surface area contributed by atoms with Gasteiger partial charge in [0, 0.05) is 10.9 Å². The van der Waals surface area contributed by atoms with Crippen molar-refractivity contribution in [3.05, 3.63) is 15.6 Å². The van der Waals surface area contributed by atoms with Crippen LogP contribution in [0.5, 0.6) is 0 Å².